The lowest BCUT2D eigenvalue weighted by Gasteiger charge is -2.27. The standard InChI is InChI=1S/C11H12O2S/c1-11(13)5-9(4-10(12)6-11)8-2-3-14-7-8/h2-4,7,13H,5-6H2,1H3/t11-/m0/s1. The zero-order valence-corrected chi connectivity index (χ0v) is 8.80. The highest BCUT2D eigenvalue weighted by atomic mass is 32.1. The summed E-state index contributed by atoms with van der Waals surface area (Å²) in [5.41, 5.74) is 1.14. The maximum absolute atomic E-state index is 11.4. The summed E-state index contributed by atoms with van der Waals surface area (Å²) in [7, 11) is 0. The Morgan fingerprint density at radius 3 is 2.86 bits per heavy atom. The van der Waals surface area contributed by atoms with E-state index in [2.05, 4.69) is 0 Å². The van der Waals surface area contributed by atoms with Crippen LogP contribution in [0.3, 0.4) is 0 Å². The molecule has 0 fully saturated rings. The lowest BCUT2D eigenvalue weighted by atomic mass is 9.83. The maximum atomic E-state index is 11.4. The molecular formula is C11H12O2S. The summed E-state index contributed by atoms with van der Waals surface area (Å²) in [6.07, 6.45) is 2.45. The van der Waals surface area contributed by atoms with Crippen LogP contribution >= 0.6 is 11.3 Å². The molecule has 0 saturated carbocycles. The highest BCUT2D eigenvalue weighted by Crippen LogP contribution is 2.32. The van der Waals surface area contributed by atoms with Crippen LogP contribution in [0.4, 0.5) is 0 Å². The third-order valence-corrected chi connectivity index (χ3v) is 3.04. The van der Waals surface area contributed by atoms with E-state index < -0.39 is 5.60 Å². The second-order valence-corrected chi connectivity index (χ2v) is 4.78. The smallest absolute Gasteiger partial charge is 0.158 e. The minimum absolute atomic E-state index is 0.0162. The molecule has 2 nitrogen and oxygen atoms in total. The van der Waals surface area contributed by atoms with E-state index >= 15 is 0 Å². The molecule has 74 valence electrons. The van der Waals surface area contributed by atoms with Gasteiger partial charge in [-0.25, -0.2) is 0 Å². The van der Waals surface area contributed by atoms with E-state index in [-0.39, 0.29) is 12.2 Å². The Morgan fingerprint density at radius 1 is 1.50 bits per heavy atom. The lowest BCUT2D eigenvalue weighted by Crippen LogP contribution is -2.30. The van der Waals surface area contributed by atoms with E-state index in [1.165, 1.54) is 0 Å². The van der Waals surface area contributed by atoms with Gasteiger partial charge in [0.1, 0.15) is 0 Å². The molecule has 1 aliphatic rings. The Morgan fingerprint density at radius 2 is 2.29 bits per heavy atom. The minimum atomic E-state index is -0.872. The number of hydrogen-bond acceptors (Lipinski definition) is 3. The van der Waals surface area contributed by atoms with Crippen LogP contribution in [0.5, 0.6) is 0 Å². The number of rotatable bonds is 1. The van der Waals surface area contributed by atoms with E-state index in [1.54, 1.807) is 24.3 Å². The van der Waals surface area contributed by atoms with E-state index in [4.69, 9.17) is 0 Å². The molecule has 0 saturated heterocycles. The first kappa shape index (κ1) is 9.62. The van der Waals surface area contributed by atoms with E-state index in [0.29, 0.717) is 6.42 Å². The summed E-state index contributed by atoms with van der Waals surface area (Å²) in [5.74, 6) is 0.0162. The van der Waals surface area contributed by atoms with Crippen molar-refractivity contribution in [1.82, 2.24) is 0 Å². The van der Waals surface area contributed by atoms with Gasteiger partial charge in [0.15, 0.2) is 5.78 Å². The van der Waals surface area contributed by atoms with E-state index in [1.807, 2.05) is 16.8 Å². The van der Waals surface area contributed by atoms with Crippen LogP contribution in [0.25, 0.3) is 5.57 Å². The second-order valence-electron chi connectivity index (χ2n) is 4.00. The Bertz CT molecular complexity index is 374. The molecule has 3 heteroatoms. The lowest BCUT2D eigenvalue weighted by molar-refractivity contribution is -0.119. The van der Waals surface area contributed by atoms with Crippen molar-refractivity contribution >= 4 is 22.7 Å². The van der Waals surface area contributed by atoms with Crippen LogP contribution < -0.4 is 0 Å². The number of hydrogen-bond donors (Lipinski definition) is 1. The van der Waals surface area contributed by atoms with Crippen LogP contribution in [0.15, 0.2) is 22.9 Å². The van der Waals surface area contributed by atoms with E-state index in [0.717, 1.165) is 11.1 Å². The third kappa shape index (κ3) is 1.94. The average Bonchev–Trinajstić information content (AvgIpc) is 2.51. The van der Waals surface area contributed by atoms with Gasteiger partial charge in [-0.05, 0) is 41.0 Å². The van der Waals surface area contributed by atoms with Crippen molar-refractivity contribution in [3.05, 3.63) is 28.5 Å². The predicted octanol–water partition coefficient (Wildman–Crippen LogP) is 2.25. The van der Waals surface area contributed by atoms with Gasteiger partial charge in [0.05, 0.1) is 5.60 Å². The summed E-state index contributed by atoms with van der Waals surface area (Å²) < 4.78 is 0. The highest BCUT2D eigenvalue weighted by molar-refractivity contribution is 7.08. The fourth-order valence-corrected chi connectivity index (χ4v) is 2.46. The molecule has 1 heterocycles. The van der Waals surface area contributed by atoms with Crippen molar-refractivity contribution in [2.24, 2.45) is 0 Å². The molecule has 1 atom stereocenters. The Labute approximate surface area is 86.9 Å². The summed E-state index contributed by atoms with van der Waals surface area (Å²) in [6.45, 7) is 1.71. The zero-order chi connectivity index (χ0) is 10.2. The SMILES string of the molecule is C[C@@]1(O)CC(=O)C=C(c2ccsc2)C1. The quantitative estimate of drug-likeness (QED) is 0.768. The summed E-state index contributed by atoms with van der Waals surface area (Å²) in [4.78, 5) is 11.4. The van der Waals surface area contributed by atoms with Crippen molar-refractivity contribution < 1.29 is 9.90 Å². The van der Waals surface area contributed by atoms with Gasteiger partial charge in [-0.3, -0.25) is 4.79 Å². The fourth-order valence-electron chi connectivity index (χ4n) is 1.78. The zero-order valence-electron chi connectivity index (χ0n) is 7.99. The fraction of sp³-hybridized carbons (Fsp3) is 0.364. The number of carbonyl (C=O) groups excluding carboxylic acids is 1. The van der Waals surface area contributed by atoms with Crippen LogP contribution in [-0.4, -0.2) is 16.5 Å². The predicted molar refractivity (Wildman–Crippen MR) is 57.2 cm³/mol. The molecule has 2 rings (SSSR count). The molecule has 0 aliphatic heterocycles. The number of aliphatic hydroxyl groups is 1. The first-order chi connectivity index (χ1) is 6.57. The van der Waals surface area contributed by atoms with Gasteiger partial charge < -0.3 is 5.11 Å². The monoisotopic (exact) mass is 208 g/mol. The largest absolute Gasteiger partial charge is 0.389 e. The van der Waals surface area contributed by atoms with Crippen LogP contribution in [0, 0.1) is 0 Å². The number of ketones is 1. The van der Waals surface area contributed by atoms with Crippen LogP contribution in [0.2, 0.25) is 0 Å². The van der Waals surface area contributed by atoms with Gasteiger partial charge >= 0.3 is 0 Å². The maximum Gasteiger partial charge on any atom is 0.158 e. The molecule has 0 amide bonds. The van der Waals surface area contributed by atoms with Gasteiger partial charge in [-0.1, -0.05) is 0 Å². The Hall–Kier alpha value is -0.930. The molecule has 1 aliphatic carbocycles. The van der Waals surface area contributed by atoms with Crippen LogP contribution in [-0.2, 0) is 4.79 Å². The molecule has 0 bridgehead atoms. The first-order valence-electron chi connectivity index (χ1n) is 4.55. The summed E-state index contributed by atoms with van der Waals surface area (Å²) in [5, 5.41) is 13.8. The molecule has 0 radical (unpaired) electrons. The number of carbonyl (C=O) groups is 1. The van der Waals surface area contributed by atoms with Gasteiger partial charge in [-0.2, -0.15) is 11.3 Å². The van der Waals surface area contributed by atoms with Gasteiger partial charge in [-0.15, -0.1) is 0 Å². The minimum Gasteiger partial charge on any atom is -0.389 e. The molecule has 1 aromatic rings. The first-order valence-corrected chi connectivity index (χ1v) is 5.49. The molecule has 1 aromatic heterocycles. The van der Waals surface area contributed by atoms with Crippen molar-refractivity contribution in [1.29, 1.82) is 0 Å². The summed E-state index contributed by atoms with van der Waals surface area (Å²) in [6, 6.07) is 1.98. The van der Waals surface area contributed by atoms with Crippen molar-refractivity contribution in [3.8, 4) is 0 Å². The van der Waals surface area contributed by atoms with Gasteiger partial charge in [0.25, 0.3) is 0 Å². The molecule has 0 aromatic carbocycles. The van der Waals surface area contributed by atoms with Crippen LogP contribution in [0.1, 0.15) is 25.3 Å². The number of allylic oxidation sites excluding steroid dienone is 1. The van der Waals surface area contributed by atoms with Crippen molar-refractivity contribution in [3.63, 3.8) is 0 Å². The highest BCUT2D eigenvalue weighted by Gasteiger charge is 2.29. The van der Waals surface area contributed by atoms with Gasteiger partial charge in [0.2, 0.25) is 0 Å². The number of thiophene rings is 1. The Kier molecular flexibility index (Phi) is 2.29. The normalized spacial score (nSPS) is 27.6. The molecule has 14 heavy (non-hydrogen) atoms. The summed E-state index contributed by atoms with van der Waals surface area (Å²) >= 11 is 1.60. The van der Waals surface area contributed by atoms with Gasteiger partial charge in [0, 0.05) is 12.8 Å². The third-order valence-electron chi connectivity index (χ3n) is 2.35. The molecule has 1 N–H and O–H groups in total. The molecule has 0 unspecified atom stereocenters. The average molecular weight is 208 g/mol. The second kappa shape index (κ2) is 3.33. The van der Waals surface area contributed by atoms with E-state index in [9.17, 15) is 9.90 Å². The Balaban J connectivity index is 2.33. The van der Waals surface area contributed by atoms with Crippen molar-refractivity contribution in [2.75, 3.05) is 0 Å². The van der Waals surface area contributed by atoms with Crippen molar-refractivity contribution in [2.45, 2.75) is 25.4 Å². The topological polar surface area (TPSA) is 37.3 Å². The molecule has 0 spiro atoms. The molecular weight excluding hydrogens is 196 g/mol.